The van der Waals surface area contributed by atoms with Gasteiger partial charge in [-0.05, 0) is 18.8 Å². The number of carbonyl (C=O) groups excluding carboxylic acids is 1. The summed E-state index contributed by atoms with van der Waals surface area (Å²) in [6, 6.07) is 0. The molecule has 0 unspecified atom stereocenters. The van der Waals surface area contributed by atoms with E-state index in [1.165, 1.54) is 32.1 Å². The average Bonchev–Trinajstić information content (AvgIpc) is 2.47. The van der Waals surface area contributed by atoms with Gasteiger partial charge in [0.1, 0.15) is 0 Å². The number of hydrogen-bond donors (Lipinski definition) is 1. The SMILES string of the molecule is CN(CC1CCCCC1)C(=O)CCN1CCNCC1. The molecule has 0 bridgehead atoms. The van der Waals surface area contributed by atoms with Gasteiger partial charge in [0.25, 0.3) is 0 Å². The summed E-state index contributed by atoms with van der Waals surface area (Å²) in [5.41, 5.74) is 0. The highest BCUT2D eigenvalue weighted by Crippen LogP contribution is 2.24. The van der Waals surface area contributed by atoms with Gasteiger partial charge in [0, 0.05) is 52.7 Å². The molecule has 0 aromatic rings. The van der Waals surface area contributed by atoms with Gasteiger partial charge < -0.3 is 15.1 Å². The van der Waals surface area contributed by atoms with Crippen molar-refractivity contribution in [3.63, 3.8) is 0 Å². The second-order valence-corrected chi connectivity index (χ2v) is 6.12. The van der Waals surface area contributed by atoms with Crippen molar-refractivity contribution >= 4 is 5.91 Å². The van der Waals surface area contributed by atoms with Gasteiger partial charge in [-0.2, -0.15) is 0 Å². The Morgan fingerprint density at radius 3 is 2.58 bits per heavy atom. The predicted molar refractivity (Wildman–Crippen MR) is 78.1 cm³/mol. The van der Waals surface area contributed by atoms with E-state index in [2.05, 4.69) is 10.2 Å². The van der Waals surface area contributed by atoms with Gasteiger partial charge in [-0.1, -0.05) is 19.3 Å². The Kier molecular flexibility index (Phi) is 6.11. The van der Waals surface area contributed by atoms with E-state index in [1.807, 2.05) is 11.9 Å². The molecule has 110 valence electrons. The third kappa shape index (κ3) is 5.11. The number of hydrogen-bond acceptors (Lipinski definition) is 3. The van der Waals surface area contributed by atoms with Crippen LogP contribution in [0.25, 0.3) is 0 Å². The molecule has 0 spiro atoms. The van der Waals surface area contributed by atoms with E-state index in [0.29, 0.717) is 12.3 Å². The fourth-order valence-corrected chi connectivity index (χ4v) is 3.24. The van der Waals surface area contributed by atoms with Crippen LogP contribution < -0.4 is 5.32 Å². The summed E-state index contributed by atoms with van der Waals surface area (Å²) < 4.78 is 0. The third-order valence-electron chi connectivity index (χ3n) is 4.53. The van der Waals surface area contributed by atoms with Crippen LogP contribution in [0.3, 0.4) is 0 Å². The molecule has 1 heterocycles. The molecule has 1 amide bonds. The molecule has 1 saturated heterocycles. The first-order valence-electron chi connectivity index (χ1n) is 7.93. The molecular formula is C15H29N3O. The zero-order valence-electron chi connectivity index (χ0n) is 12.4. The van der Waals surface area contributed by atoms with Gasteiger partial charge >= 0.3 is 0 Å². The highest BCUT2D eigenvalue weighted by atomic mass is 16.2. The van der Waals surface area contributed by atoms with Crippen LogP contribution in [0.2, 0.25) is 0 Å². The number of rotatable bonds is 5. The van der Waals surface area contributed by atoms with Crippen LogP contribution in [-0.4, -0.2) is 62.0 Å². The summed E-state index contributed by atoms with van der Waals surface area (Å²) in [6.07, 6.45) is 7.41. The quantitative estimate of drug-likeness (QED) is 0.816. The molecule has 4 nitrogen and oxygen atoms in total. The van der Waals surface area contributed by atoms with Crippen LogP contribution in [0.4, 0.5) is 0 Å². The first kappa shape index (κ1) is 14.8. The third-order valence-corrected chi connectivity index (χ3v) is 4.53. The fourth-order valence-electron chi connectivity index (χ4n) is 3.24. The molecule has 2 fully saturated rings. The number of amides is 1. The number of carbonyl (C=O) groups is 1. The number of nitrogens with one attached hydrogen (secondary N) is 1. The Labute approximate surface area is 117 Å². The molecule has 2 rings (SSSR count). The van der Waals surface area contributed by atoms with E-state index >= 15 is 0 Å². The molecule has 1 aliphatic heterocycles. The molecule has 0 aromatic carbocycles. The number of nitrogens with zero attached hydrogens (tertiary/aromatic N) is 2. The van der Waals surface area contributed by atoms with E-state index in [4.69, 9.17) is 0 Å². The van der Waals surface area contributed by atoms with Crippen molar-refractivity contribution < 1.29 is 4.79 Å². The Morgan fingerprint density at radius 2 is 1.89 bits per heavy atom. The molecule has 1 aliphatic carbocycles. The van der Waals surface area contributed by atoms with E-state index in [0.717, 1.165) is 45.2 Å². The van der Waals surface area contributed by atoms with Crippen molar-refractivity contribution in [2.45, 2.75) is 38.5 Å². The summed E-state index contributed by atoms with van der Waals surface area (Å²) in [6.45, 7) is 6.19. The largest absolute Gasteiger partial charge is 0.345 e. The maximum atomic E-state index is 12.1. The smallest absolute Gasteiger partial charge is 0.223 e. The topological polar surface area (TPSA) is 35.6 Å². The van der Waals surface area contributed by atoms with Gasteiger partial charge in [0.15, 0.2) is 0 Å². The summed E-state index contributed by atoms with van der Waals surface area (Å²) in [4.78, 5) is 16.5. The first-order valence-corrected chi connectivity index (χ1v) is 7.93. The second-order valence-electron chi connectivity index (χ2n) is 6.12. The van der Waals surface area contributed by atoms with Crippen LogP contribution in [-0.2, 0) is 4.79 Å². The van der Waals surface area contributed by atoms with Crippen LogP contribution in [0.5, 0.6) is 0 Å². The first-order chi connectivity index (χ1) is 9.25. The van der Waals surface area contributed by atoms with Crippen molar-refractivity contribution in [2.24, 2.45) is 5.92 Å². The van der Waals surface area contributed by atoms with Crippen LogP contribution >= 0.6 is 0 Å². The molecule has 19 heavy (non-hydrogen) atoms. The maximum absolute atomic E-state index is 12.1. The lowest BCUT2D eigenvalue weighted by atomic mass is 9.89. The lowest BCUT2D eigenvalue weighted by Crippen LogP contribution is -2.45. The van der Waals surface area contributed by atoms with Gasteiger partial charge in [-0.3, -0.25) is 4.79 Å². The van der Waals surface area contributed by atoms with Crippen LogP contribution in [0, 0.1) is 5.92 Å². The van der Waals surface area contributed by atoms with Gasteiger partial charge in [-0.25, -0.2) is 0 Å². The lowest BCUT2D eigenvalue weighted by Gasteiger charge is -2.29. The monoisotopic (exact) mass is 267 g/mol. The van der Waals surface area contributed by atoms with Gasteiger partial charge in [0.2, 0.25) is 5.91 Å². The van der Waals surface area contributed by atoms with Gasteiger partial charge in [0.05, 0.1) is 0 Å². The summed E-state index contributed by atoms with van der Waals surface area (Å²) in [7, 11) is 1.98. The minimum Gasteiger partial charge on any atom is -0.345 e. The summed E-state index contributed by atoms with van der Waals surface area (Å²) in [5.74, 6) is 1.07. The van der Waals surface area contributed by atoms with Crippen molar-refractivity contribution in [2.75, 3.05) is 46.3 Å². The van der Waals surface area contributed by atoms with Crippen molar-refractivity contribution in [1.82, 2.24) is 15.1 Å². The molecular weight excluding hydrogens is 238 g/mol. The molecule has 0 radical (unpaired) electrons. The Hall–Kier alpha value is -0.610. The Balaban J connectivity index is 1.63. The Bertz CT molecular complexity index is 271. The fraction of sp³-hybridized carbons (Fsp3) is 0.933. The van der Waals surface area contributed by atoms with E-state index < -0.39 is 0 Å². The zero-order chi connectivity index (χ0) is 13.5. The van der Waals surface area contributed by atoms with Crippen molar-refractivity contribution in [3.05, 3.63) is 0 Å². The van der Waals surface area contributed by atoms with Crippen LogP contribution in [0.15, 0.2) is 0 Å². The van der Waals surface area contributed by atoms with E-state index in [9.17, 15) is 4.79 Å². The molecule has 2 aliphatic rings. The molecule has 1 saturated carbocycles. The zero-order valence-corrected chi connectivity index (χ0v) is 12.4. The lowest BCUT2D eigenvalue weighted by molar-refractivity contribution is -0.131. The van der Waals surface area contributed by atoms with Crippen LogP contribution in [0.1, 0.15) is 38.5 Å². The highest BCUT2D eigenvalue weighted by molar-refractivity contribution is 5.76. The normalized spacial score (nSPS) is 22.4. The van der Waals surface area contributed by atoms with Crippen molar-refractivity contribution in [3.8, 4) is 0 Å². The van der Waals surface area contributed by atoms with E-state index in [1.54, 1.807) is 0 Å². The molecule has 1 N–H and O–H groups in total. The Morgan fingerprint density at radius 1 is 1.21 bits per heavy atom. The minimum absolute atomic E-state index is 0.323. The second kappa shape index (κ2) is 7.85. The standard InChI is InChI=1S/C15H29N3O/c1-17(13-14-5-3-2-4-6-14)15(19)7-10-18-11-8-16-9-12-18/h14,16H,2-13H2,1H3. The summed E-state index contributed by atoms with van der Waals surface area (Å²) in [5, 5.41) is 3.34. The summed E-state index contributed by atoms with van der Waals surface area (Å²) >= 11 is 0. The van der Waals surface area contributed by atoms with Crippen molar-refractivity contribution in [1.29, 1.82) is 0 Å². The molecule has 0 atom stereocenters. The molecule has 0 aromatic heterocycles. The maximum Gasteiger partial charge on any atom is 0.223 e. The average molecular weight is 267 g/mol. The predicted octanol–water partition coefficient (Wildman–Crippen LogP) is 1.32. The number of piperazine rings is 1. The minimum atomic E-state index is 0.323. The van der Waals surface area contributed by atoms with Gasteiger partial charge in [-0.15, -0.1) is 0 Å². The highest BCUT2D eigenvalue weighted by Gasteiger charge is 2.19. The van der Waals surface area contributed by atoms with E-state index in [-0.39, 0.29) is 0 Å². The molecule has 4 heteroatoms.